The van der Waals surface area contributed by atoms with Crippen molar-refractivity contribution in [2.24, 2.45) is 0 Å². The number of hydrogen-bond donors (Lipinski definition) is 1. The molecule has 0 aromatic heterocycles. The number of aryl methyl sites for hydroxylation is 1. The summed E-state index contributed by atoms with van der Waals surface area (Å²) in [5.41, 5.74) is 0.496. The van der Waals surface area contributed by atoms with Gasteiger partial charge in [0.05, 0.1) is 0 Å². The number of hydrogen-bond acceptors (Lipinski definition) is 2. The molecule has 0 radical (unpaired) electrons. The monoisotopic (exact) mass is 247 g/mol. The van der Waals surface area contributed by atoms with Crippen LogP contribution in [0.3, 0.4) is 0 Å². The van der Waals surface area contributed by atoms with Gasteiger partial charge in [0.1, 0.15) is 5.54 Å². The molecule has 3 heteroatoms. The molecule has 1 aromatic carbocycles. The molecule has 1 aliphatic rings. The van der Waals surface area contributed by atoms with Crippen LogP contribution in [0.2, 0.25) is 0 Å². The Balaban J connectivity index is 2.04. The van der Waals surface area contributed by atoms with Gasteiger partial charge in [-0.3, -0.25) is 9.69 Å². The second-order valence-corrected chi connectivity index (χ2v) is 5.26. The highest BCUT2D eigenvalue weighted by molar-refractivity contribution is 5.78. The summed E-state index contributed by atoms with van der Waals surface area (Å²) < 4.78 is 0. The third-order valence-electron chi connectivity index (χ3n) is 4.01. The summed E-state index contributed by atoms with van der Waals surface area (Å²) in [4.78, 5) is 13.7. The number of likely N-dealkylation sites (tertiary alicyclic amines) is 1. The molecule has 1 atom stereocenters. The smallest absolute Gasteiger partial charge is 0.323 e. The van der Waals surface area contributed by atoms with Gasteiger partial charge in [0.25, 0.3) is 0 Å². The molecule has 1 N–H and O–H groups in total. The van der Waals surface area contributed by atoms with Crippen LogP contribution >= 0.6 is 0 Å². The maximum absolute atomic E-state index is 11.6. The predicted octanol–water partition coefficient (Wildman–Crippen LogP) is 2.56. The molecule has 98 valence electrons. The van der Waals surface area contributed by atoms with Gasteiger partial charge in [-0.25, -0.2) is 0 Å². The number of benzene rings is 1. The summed E-state index contributed by atoms with van der Waals surface area (Å²) in [6.45, 7) is 3.69. The molecule has 0 bridgehead atoms. The maximum Gasteiger partial charge on any atom is 0.323 e. The zero-order chi connectivity index (χ0) is 13.0. The summed E-state index contributed by atoms with van der Waals surface area (Å²) in [6.07, 6.45) is 3.73. The van der Waals surface area contributed by atoms with E-state index in [1.165, 1.54) is 5.56 Å². The minimum Gasteiger partial charge on any atom is -0.480 e. The van der Waals surface area contributed by atoms with Crippen LogP contribution in [-0.2, 0) is 11.2 Å². The van der Waals surface area contributed by atoms with Gasteiger partial charge in [-0.2, -0.15) is 0 Å². The first-order valence-electron chi connectivity index (χ1n) is 6.65. The average Bonchev–Trinajstić information content (AvgIpc) is 2.91. The summed E-state index contributed by atoms with van der Waals surface area (Å²) in [5, 5.41) is 9.53. The van der Waals surface area contributed by atoms with Crippen LogP contribution < -0.4 is 0 Å². The van der Waals surface area contributed by atoms with E-state index in [9.17, 15) is 9.90 Å². The Labute approximate surface area is 108 Å². The van der Waals surface area contributed by atoms with E-state index in [0.717, 1.165) is 32.4 Å². The Hall–Kier alpha value is -1.35. The Morgan fingerprint density at radius 1 is 1.28 bits per heavy atom. The molecule has 18 heavy (non-hydrogen) atoms. The molecule has 1 aliphatic heterocycles. The molecule has 3 nitrogen and oxygen atoms in total. The molecule has 0 amide bonds. The molecule has 2 rings (SSSR count). The topological polar surface area (TPSA) is 40.5 Å². The van der Waals surface area contributed by atoms with Gasteiger partial charge in [0, 0.05) is 0 Å². The fraction of sp³-hybridized carbons (Fsp3) is 0.533. The van der Waals surface area contributed by atoms with E-state index in [2.05, 4.69) is 17.0 Å². The molecule has 0 spiro atoms. The second kappa shape index (κ2) is 5.53. The highest BCUT2D eigenvalue weighted by Gasteiger charge is 2.40. The van der Waals surface area contributed by atoms with Crippen molar-refractivity contribution in [1.82, 2.24) is 4.90 Å². The zero-order valence-electron chi connectivity index (χ0n) is 10.9. The van der Waals surface area contributed by atoms with Gasteiger partial charge in [-0.1, -0.05) is 30.3 Å². The number of nitrogens with zero attached hydrogens (tertiary/aromatic N) is 1. The fourth-order valence-corrected chi connectivity index (χ4v) is 2.64. The van der Waals surface area contributed by atoms with Gasteiger partial charge in [-0.05, 0) is 51.3 Å². The quantitative estimate of drug-likeness (QED) is 0.869. The Bertz CT molecular complexity index is 398. The normalized spacial score (nSPS) is 19.6. The van der Waals surface area contributed by atoms with E-state index in [0.29, 0.717) is 6.42 Å². The first-order valence-corrected chi connectivity index (χ1v) is 6.65. The number of aliphatic carboxylic acids is 1. The van der Waals surface area contributed by atoms with Crippen LogP contribution in [0.1, 0.15) is 31.7 Å². The lowest BCUT2D eigenvalue weighted by molar-refractivity contribution is -0.150. The summed E-state index contributed by atoms with van der Waals surface area (Å²) in [6, 6.07) is 10.1. The molecule has 1 saturated heterocycles. The second-order valence-electron chi connectivity index (χ2n) is 5.26. The first-order chi connectivity index (χ1) is 8.63. The molecule has 1 fully saturated rings. The van der Waals surface area contributed by atoms with Crippen molar-refractivity contribution in [3.05, 3.63) is 35.9 Å². The molecular weight excluding hydrogens is 226 g/mol. The highest BCUT2D eigenvalue weighted by Crippen LogP contribution is 2.26. The molecule has 0 aliphatic carbocycles. The van der Waals surface area contributed by atoms with Crippen molar-refractivity contribution in [3.63, 3.8) is 0 Å². The maximum atomic E-state index is 11.6. The van der Waals surface area contributed by atoms with Crippen molar-refractivity contribution in [2.75, 3.05) is 13.1 Å². The SMILES string of the molecule is CC(CCc1ccccc1)(C(=O)O)N1CCCC1. The van der Waals surface area contributed by atoms with Crippen LogP contribution in [0.4, 0.5) is 0 Å². The van der Waals surface area contributed by atoms with E-state index < -0.39 is 11.5 Å². The van der Waals surface area contributed by atoms with Crippen molar-refractivity contribution >= 4 is 5.97 Å². The fourth-order valence-electron chi connectivity index (χ4n) is 2.64. The standard InChI is InChI=1S/C15H21NO2/c1-15(14(17)18,16-11-5-6-12-16)10-9-13-7-3-2-4-8-13/h2-4,7-8H,5-6,9-12H2,1H3,(H,17,18). The van der Waals surface area contributed by atoms with Crippen LogP contribution in [-0.4, -0.2) is 34.6 Å². The Morgan fingerprint density at radius 3 is 2.44 bits per heavy atom. The lowest BCUT2D eigenvalue weighted by Gasteiger charge is -2.34. The summed E-state index contributed by atoms with van der Waals surface area (Å²) in [5.74, 6) is -0.694. The van der Waals surface area contributed by atoms with Crippen LogP contribution in [0, 0.1) is 0 Å². The minimum atomic E-state index is -0.716. The van der Waals surface area contributed by atoms with Crippen LogP contribution in [0.15, 0.2) is 30.3 Å². The zero-order valence-corrected chi connectivity index (χ0v) is 10.9. The predicted molar refractivity (Wildman–Crippen MR) is 71.6 cm³/mol. The van der Waals surface area contributed by atoms with Gasteiger partial charge < -0.3 is 5.11 Å². The van der Waals surface area contributed by atoms with E-state index in [-0.39, 0.29) is 0 Å². The van der Waals surface area contributed by atoms with Crippen molar-refractivity contribution in [3.8, 4) is 0 Å². The van der Waals surface area contributed by atoms with E-state index in [1.54, 1.807) is 0 Å². The van der Waals surface area contributed by atoms with Gasteiger partial charge >= 0.3 is 5.97 Å². The molecule has 1 unspecified atom stereocenters. The van der Waals surface area contributed by atoms with Gasteiger partial charge in [-0.15, -0.1) is 0 Å². The Kier molecular flexibility index (Phi) is 4.02. The third kappa shape index (κ3) is 2.72. The average molecular weight is 247 g/mol. The van der Waals surface area contributed by atoms with Gasteiger partial charge in [0.2, 0.25) is 0 Å². The molecule has 1 heterocycles. The number of carbonyl (C=O) groups is 1. The third-order valence-corrected chi connectivity index (χ3v) is 4.01. The summed E-state index contributed by atoms with van der Waals surface area (Å²) >= 11 is 0. The van der Waals surface area contributed by atoms with E-state index >= 15 is 0 Å². The molecular formula is C15H21NO2. The number of carboxylic acid groups (broad SMARTS) is 1. The molecule has 1 aromatic rings. The van der Waals surface area contributed by atoms with E-state index in [4.69, 9.17) is 0 Å². The first kappa shape index (κ1) is 13.1. The number of carboxylic acids is 1. The highest BCUT2D eigenvalue weighted by atomic mass is 16.4. The van der Waals surface area contributed by atoms with Crippen LogP contribution in [0.25, 0.3) is 0 Å². The van der Waals surface area contributed by atoms with Crippen molar-refractivity contribution < 1.29 is 9.90 Å². The van der Waals surface area contributed by atoms with E-state index in [1.807, 2.05) is 25.1 Å². The van der Waals surface area contributed by atoms with Crippen molar-refractivity contribution in [2.45, 2.75) is 38.1 Å². The lowest BCUT2D eigenvalue weighted by Crippen LogP contribution is -2.51. The van der Waals surface area contributed by atoms with Crippen LogP contribution in [0.5, 0.6) is 0 Å². The Morgan fingerprint density at radius 2 is 1.89 bits per heavy atom. The summed E-state index contributed by atoms with van der Waals surface area (Å²) in [7, 11) is 0. The number of rotatable bonds is 5. The minimum absolute atomic E-state index is 0.673. The van der Waals surface area contributed by atoms with Crippen molar-refractivity contribution in [1.29, 1.82) is 0 Å². The van der Waals surface area contributed by atoms with Gasteiger partial charge in [0.15, 0.2) is 0 Å². The lowest BCUT2D eigenvalue weighted by atomic mass is 9.91. The molecule has 0 saturated carbocycles. The largest absolute Gasteiger partial charge is 0.480 e.